The molecule has 0 saturated heterocycles. The highest BCUT2D eigenvalue weighted by Crippen LogP contribution is 2.21. The van der Waals surface area contributed by atoms with Crippen LogP contribution in [0.3, 0.4) is 0 Å². The molecule has 0 bridgehead atoms. The molecule has 1 atom stereocenters. The van der Waals surface area contributed by atoms with Gasteiger partial charge in [-0.15, -0.1) is 0 Å². The zero-order chi connectivity index (χ0) is 12.8. The third-order valence-corrected chi connectivity index (χ3v) is 3.62. The van der Waals surface area contributed by atoms with E-state index in [1.807, 2.05) is 6.20 Å². The Morgan fingerprint density at radius 2 is 2.28 bits per heavy atom. The van der Waals surface area contributed by atoms with Crippen LogP contribution in [0.15, 0.2) is 24.0 Å². The first-order chi connectivity index (χ1) is 8.79. The van der Waals surface area contributed by atoms with Gasteiger partial charge in [-0.25, -0.2) is 4.98 Å². The fraction of sp³-hybridized carbons (Fsp3) is 0.667. The minimum atomic E-state index is 0.215. The van der Waals surface area contributed by atoms with E-state index < -0.39 is 0 Å². The molecule has 0 saturated carbocycles. The first kappa shape index (κ1) is 13.3. The monoisotopic (exact) mass is 247 g/mol. The van der Waals surface area contributed by atoms with Crippen molar-refractivity contribution in [2.75, 3.05) is 0 Å². The van der Waals surface area contributed by atoms with Crippen LogP contribution in [-0.2, 0) is 13.0 Å². The van der Waals surface area contributed by atoms with Gasteiger partial charge in [0.1, 0.15) is 5.82 Å². The summed E-state index contributed by atoms with van der Waals surface area (Å²) in [6.07, 6.45) is 14.6. The number of imidazole rings is 1. The molecule has 1 unspecified atom stereocenters. The molecule has 1 aromatic heterocycles. The van der Waals surface area contributed by atoms with E-state index in [1.54, 1.807) is 5.57 Å². The SMILES string of the molecule is CCCn1ccnc1CC(N)CC1=CCCCC1. The number of hydrogen-bond donors (Lipinski definition) is 1. The van der Waals surface area contributed by atoms with E-state index in [2.05, 4.69) is 28.7 Å². The standard InChI is InChI=1S/C15H25N3/c1-2-9-18-10-8-17-15(18)12-14(16)11-13-6-4-3-5-7-13/h6,8,10,14H,2-5,7,9,11-12,16H2,1H3. The van der Waals surface area contributed by atoms with Crippen molar-refractivity contribution in [2.24, 2.45) is 5.73 Å². The van der Waals surface area contributed by atoms with E-state index in [-0.39, 0.29) is 6.04 Å². The Morgan fingerprint density at radius 1 is 1.39 bits per heavy atom. The maximum atomic E-state index is 6.27. The summed E-state index contributed by atoms with van der Waals surface area (Å²) in [4.78, 5) is 4.43. The summed E-state index contributed by atoms with van der Waals surface area (Å²) in [5.41, 5.74) is 7.82. The fourth-order valence-corrected chi connectivity index (χ4v) is 2.71. The first-order valence-electron chi connectivity index (χ1n) is 7.23. The molecule has 0 fully saturated rings. The molecular formula is C15H25N3. The summed E-state index contributed by atoms with van der Waals surface area (Å²) in [5.74, 6) is 1.14. The number of allylic oxidation sites excluding steroid dienone is 1. The van der Waals surface area contributed by atoms with Gasteiger partial charge in [-0.1, -0.05) is 18.6 Å². The molecule has 0 amide bonds. The van der Waals surface area contributed by atoms with Gasteiger partial charge in [-0.05, 0) is 38.5 Å². The molecule has 3 heteroatoms. The van der Waals surface area contributed by atoms with Gasteiger partial charge in [0, 0.05) is 31.4 Å². The lowest BCUT2D eigenvalue weighted by molar-refractivity contribution is 0.563. The zero-order valence-electron chi connectivity index (χ0n) is 11.4. The molecule has 18 heavy (non-hydrogen) atoms. The van der Waals surface area contributed by atoms with Crippen molar-refractivity contribution in [1.29, 1.82) is 0 Å². The van der Waals surface area contributed by atoms with Gasteiger partial charge in [0.15, 0.2) is 0 Å². The number of hydrogen-bond acceptors (Lipinski definition) is 2. The van der Waals surface area contributed by atoms with Crippen LogP contribution in [0.5, 0.6) is 0 Å². The van der Waals surface area contributed by atoms with Gasteiger partial charge >= 0.3 is 0 Å². The van der Waals surface area contributed by atoms with Crippen LogP contribution in [-0.4, -0.2) is 15.6 Å². The minimum Gasteiger partial charge on any atom is -0.335 e. The highest BCUT2D eigenvalue weighted by Gasteiger charge is 2.12. The average Bonchev–Trinajstić information content (AvgIpc) is 2.78. The molecule has 3 nitrogen and oxygen atoms in total. The van der Waals surface area contributed by atoms with Gasteiger partial charge in [0.2, 0.25) is 0 Å². The summed E-state index contributed by atoms with van der Waals surface area (Å²) < 4.78 is 2.23. The highest BCUT2D eigenvalue weighted by atomic mass is 15.1. The Kier molecular flexibility index (Phi) is 5.00. The summed E-state index contributed by atoms with van der Waals surface area (Å²) in [6.45, 7) is 3.24. The summed E-state index contributed by atoms with van der Waals surface area (Å²) >= 11 is 0. The van der Waals surface area contributed by atoms with Crippen LogP contribution < -0.4 is 5.73 Å². The van der Waals surface area contributed by atoms with E-state index in [0.29, 0.717) is 0 Å². The van der Waals surface area contributed by atoms with Crippen LogP contribution in [0, 0.1) is 0 Å². The molecule has 1 aromatic rings. The second kappa shape index (κ2) is 6.74. The molecule has 2 rings (SSSR count). The molecule has 1 aliphatic rings. The first-order valence-corrected chi connectivity index (χ1v) is 7.23. The van der Waals surface area contributed by atoms with Crippen molar-refractivity contribution < 1.29 is 0 Å². The van der Waals surface area contributed by atoms with Gasteiger partial charge < -0.3 is 10.3 Å². The molecule has 100 valence electrons. The van der Waals surface area contributed by atoms with E-state index in [4.69, 9.17) is 5.73 Å². The Labute approximate surface area is 110 Å². The lowest BCUT2D eigenvalue weighted by atomic mass is 9.93. The lowest BCUT2D eigenvalue weighted by Crippen LogP contribution is -2.25. The Balaban J connectivity index is 1.88. The maximum Gasteiger partial charge on any atom is 0.110 e. The van der Waals surface area contributed by atoms with Crippen molar-refractivity contribution >= 4 is 0 Å². The number of aryl methyl sites for hydroxylation is 1. The summed E-state index contributed by atoms with van der Waals surface area (Å²) in [7, 11) is 0. The van der Waals surface area contributed by atoms with Crippen LogP contribution >= 0.6 is 0 Å². The Bertz CT molecular complexity index is 392. The largest absolute Gasteiger partial charge is 0.335 e. The molecule has 1 aliphatic carbocycles. The predicted molar refractivity (Wildman–Crippen MR) is 75.4 cm³/mol. The quantitative estimate of drug-likeness (QED) is 0.785. The summed E-state index contributed by atoms with van der Waals surface area (Å²) in [5, 5.41) is 0. The summed E-state index contributed by atoms with van der Waals surface area (Å²) in [6, 6.07) is 0.215. The predicted octanol–water partition coefficient (Wildman–Crippen LogP) is 3.05. The Morgan fingerprint density at radius 3 is 3.00 bits per heavy atom. The van der Waals surface area contributed by atoms with Crippen LogP contribution in [0.4, 0.5) is 0 Å². The van der Waals surface area contributed by atoms with Crippen molar-refractivity contribution in [3.8, 4) is 0 Å². The molecule has 2 N–H and O–H groups in total. The number of nitrogens with zero attached hydrogens (tertiary/aromatic N) is 2. The fourth-order valence-electron chi connectivity index (χ4n) is 2.71. The molecule has 1 heterocycles. The van der Waals surface area contributed by atoms with Crippen LogP contribution in [0.1, 0.15) is 51.3 Å². The van der Waals surface area contributed by atoms with Gasteiger partial charge in [0.05, 0.1) is 0 Å². The highest BCUT2D eigenvalue weighted by molar-refractivity contribution is 5.08. The van der Waals surface area contributed by atoms with E-state index in [1.165, 1.54) is 25.7 Å². The van der Waals surface area contributed by atoms with Crippen LogP contribution in [0.2, 0.25) is 0 Å². The number of aromatic nitrogens is 2. The second-order valence-corrected chi connectivity index (χ2v) is 5.31. The topological polar surface area (TPSA) is 43.8 Å². The van der Waals surface area contributed by atoms with Crippen molar-refractivity contribution in [2.45, 2.75) is 64.5 Å². The van der Waals surface area contributed by atoms with E-state index in [9.17, 15) is 0 Å². The van der Waals surface area contributed by atoms with E-state index in [0.717, 1.165) is 31.6 Å². The smallest absolute Gasteiger partial charge is 0.110 e. The number of nitrogens with two attached hydrogens (primary N) is 1. The average molecular weight is 247 g/mol. The van der Waals surface area contributed by atoms with Crippen molar-refractivity contribution in [3.05, 3.63) is 29.9 Å². The maximum absolute atomic E-state index is 6.27. The molecule has 0 radical (unpaired) electrons. The number of rotatable bonds is 6. The van der Waals surface area contributed by atoms with Crippen molar-refractivity contribution in [1.82, 2.24) is 9.55 Å². The third-order valence-electron chi connectivity index (χ3n) is 3.62. The van der Waals surface area contributed by atoms with E-state index >= 15 is 0 Å². The molecular weight excluding hydrogens is 222 g/mol. The zero-order valence-corrected chi connectivity index (χ0v) is 11.4. The van der Waals surface area contributed by atoms with Crippen LogP contribution in [0.25, 0.3) is 0 Å². The third kappa shape index (κ3) is 3.70. The minimum absolute atomic E-state index is 0.215. The second-order valence-electron chi connectivity index (χ2n) is 5.31. The molecule has 0 aromatic carbocycles. The van der Waals surface area contributed by atoms with Gasteiger partial charge in [-0.2, -0.15) is 0 Å². The molecule has 0 spiro atoms. The van der Waals surface area contributed by atoms with Gasteiger partial charge in [0.25, 0.3) is 0 Å². The lowest BCUT2D eigenvalue weighted by Gasteiger charge is -2.17. The normalized spacial score (nSPS) is 17.6. The molecule has 0 aliphatic heterocycles. The van der Waals surface area contributed by atoms with Gasteiger partial charge in [-0.3, -0.25) is 0 Å². The Hall–Kier alpha value is -1.09. The van der Waals surface area contributed by atoms with Crippen molar-refractivity contribution in [3.63, 3.8) is 0 Å².